The van der Waals surface area contributed by atoms with Gasteiger partial charge < -0.3 is 14.7 Å². The highest BCUT2D eigenvalue weighted by Gasteiger charge is 2.33. The maximum atomic E-state index is 14.1. The summed E-state index contributed by atoms with van der Waals surface area (Å²) in [5.41, 5.74) is 4.79. The van der Waals surface area contributed by atoms with Crippen molar-refractivity contribution in [2.45, 2.75) is 83.0 Å². The first-order valence-electron chi connectivity index (χ1n) is 15.6. The predicted octanol–water partition coefficient (Wildman–Crippen LogP) is 8.11. The van der Waals surface area contributed by atoms with E-state index in [1.54, 1.807) is 7.11 Å². The van der Waals surface area contributed by atoms with Gasteiger partial charge in [0.1, 0.15) is 5.75 Å². The van der Waals surface area contributed by atoms with Crippen LogP contribution in [0.15, 0.2) is 48.7 Å². The summed E-state index contributed by atoms with van der Waals surface area (Å²) >= 11 is 1.81. The molecule has 0 spiro atoms. The van der Waals surface area contributed by atoms with Crippen LogP contribution in [0.1, 0.15) is 92.2 Å². The first-order chi connectivity index (χ1) is 20.0. The lowest BCUT2D eigenvalue weighted by Gasteiger charge is -2.36. The summed E-state index contributed by atoms with van der Waals surface area (Å²) in [6, 6.07) is 15.2. The van der Waals surface area contributed by atoms with Crippen LogP contribution in [0.4, 0.5) is 5.69 Å². The number of methoxy groups -OCH3 is 1. The molecule has 1 heterocycles. The second-order valence-corrected chi connectivity index (χ2v) is 13.7. The van der Waals surface area contributed by atoms with Gasteiger partial charge in [-0.1, -0.05) is 24.3 Å². The molecule has 218 valence electrons. The fraction of sp³-hybridized carbons (Fsp3) is 0.543. The molecule has 0 saturated heterocycles. The van der Waals surface area contributed by atoms with Gasteiger partial charge >= 0.3 is 0 Å². The molecule has 0 aliphatic heterocycles. The number of aromatic nitrogens is 1. The highest BCUT2D eigenvalue weighted by Crippen LogP contribution is 2.44. The first kappa shape index (κ1) is 28.4. The Balaban J connectivity index is 1.19. The number of hydrogen-bond donors (Lipinski definition) is 1. The van der Waals surface area contributed by atoms with Gasteiger partial charge in [0.2, 0.25) is 5.91 Å². The van der Waals surface area contributed by atoms with E-state index in [1.807, 2.05) is 17.5 Å². The van der Waals surface area contributed by atoms with Crippen molar-refractivity contribution in [1.29, 1.82) is 0 Å². The fourth-order valence-corrected chi connectivity index (χ4v) is 8.08. The Kier molecular flexibility index (Phi) is 8.78. The van der Waals surface area contributed by atoms with E-state index in [9.17, 15) is 9.90 Å². The van der Waals surface area contributed by atoms with Crippen LogP contribution < -0.4 is 9.64 Å². The summed E-state index contributed by atoms with van der Waals surface area (Å²) in [5.74, 6) is 3.34. The number of ether oxygens (including phenoxy) is 1. The number of aliphatic hydroxyl groups is 1. The predicted molar refractivity (Wildman–Crippen MR) is 167 cm³/mol. The summed E-state index contributed by atoms with van der Waals surface area (Å²) in [6.45, 7) is 3.15. The van der Waals surface area contributed by atoms with Gasteiger partial charge in [-0.3, -0.25) is 4.79 Å². The van der Waals surface area contributed by atoms with E-state index >= 15 is 0 Å². The van der Waals surface area contributed by atoms with Crippen molar-refractivity contribution >= 4 is 22.9 Å². The van der Waals surface area contributed by atoms with E-state index in [1.165, 1.54) is 33.9 Å². The third-order valence-electron chi connectivity index (χ3n) is 9.79. The number of benzene rings is 2. The first-order valence-corrected chi connectivity index (χ1v) is 16.5. The van der Waals surface area contributed by atoms with Crippen LogP contribution in [-0.4, -0.2) is 36.3 Å². The molecule has 6 heteroatoms. The highest BCUT2D eigenvalue weighted by atomic mass is 32.1. The molecule has 1 aromatic heterocycles. The molecule has 2 aromatic carbocycles. The molecular weight excluding hydrogens is 528 g/mol. The molecule has 3 saturated carbocycles. The zero-order valence-electron chi connectivity index (χ0n) is 24.6. The van der Waals surface area contributed by atoms with Crippen molar-refractivity contribution in [2.24, 2.45) is 17.8 Å². The maximum Gasteiger partial charge on any atom is 0.230 e. The van der Waals surface area contributed by atoms with E-state index in [4.69, 9.17) is 9.72 Å². The Labute approximate surface area is 249 Å². The molecule has 3 fully saturated rings. The van der Waals surface area contributed by atoms with Gasteiger partial charge in [-0.05, 0) is 124 Å². The Morgan fingerprint density at radius 2 is 1.68 bits per heavy atom. The standard InChI is InChI=1S/C35H44N2O3S/c1-23-18-29(16-17-32(23)40-2)26-10-6-24(7-11-26)21-37(35(39)28-12-8-25(22-38)9-13-28)31-5-3-4-30(19-31)33-20-36-34(41-33)27-14-15-27/h3-5,16-20,24-28,38H,6-15,21-22H2,1-2H3. The summed E-state index contributed by atoms with van der Waals surface area (Å²) in [4.78, 5) is 22.2. The largest absolute Gasteiger partial charge is 0.496 e. The van der Waals surface area contributed by atoms with E-state index in [0.29, 0.717) is 23.7 Å². The van der Waals surface area contributed by atoms with Gasteiger partial charge in [0, 0.05) is 36.9 Å². The monoisotopic (exact) mass is 572 g/mol. The van der Waals surface area contributed by atoms with Crippen LogP contribution in [0, 0.1) is 24.7 Å². The van der Waals surface area contributed by atoms with Crippen molar-refractivity contribution in [2.75, 3.05) is 25.2 Å². The van der Waals surface area contributed by atoms with Gasteiger partial charge in [0.05, 0.1) is 17.0 Å². The molecule has 0 atom stereocenters. The molecule has 5 nitrogen and oxygen atoms in total. The smallest absolute Gasteiger partial charge is 0.230 e. The molecule has 3 aliphatic carbocycles. The summed E-state index contributed by atoms with van der Waals surface area (Å²) < 4.78 is 5.47. The lowest BCUT2D eigenvalue weighted by molar-refractivity contribution is -0.123. The van der Waals surface area contributed by atoms with Crippen molar-refractivity contribution < 1.29 is 14.6 Å². The number of hydrogen-bond acceptors (Lipinski definition) is 5. The van der Waals surface area contributed by atoms with Crippen LogP contribution in [-0.2, 0) is 4.79 Å². The minimum Gasteiger partial charge on any atom is -0.496 e. The third kappa shape index (κ3) is 6.54. The number of thiazole rings is 1. The second kappa shape index (κ2) is 12.7. The Hall–Kier alpha value is -2.70. The van der Waals surface area contributed by atoms with Crippen molar-refractivity contribution in [3.8, 4) is 16.2 Å². The Morgan fingerprint density at radius 3 is 2.37 bits per heavy atom. The molecule has 3 aromatic rings. The Morgan fingerprint density at radius 1 is 0.951 bits per heavy atom. The van der Waals surface area contributed by atoms with E-state index in [0.717, 1.165) is 74.9 Å². The SMILES string of the molecule is COc1ccc(C2CCC(CN(C(=O)C3CCC(CO)CC3)c3cccc(-c4cnc(C5CC5)s4)c3)CC2)cc1C. The normalized spacial score (nSPS) is 24.7. The number of amides is 1. The summed E-state index contributed by atoms with van der Waals surface area (Å²) in [7, 11) is 1.73. The summed E-state index contributed by atoms with van der Waals surface area (Å²) in [5, 5.41) is 10.9. The number of carbonyl (C=O) groups is 1. The minimum absolute atomic E-state index is 0.0462. The lowest BCUT2D eigenvalue weighted by atomic mass is 9.77. The maximum absolute atomic E-state index is 14.1. The van der Waals surface area contributed by atoms with Crippen molar-refractivity contribution in [3.63, 3.8) is 0 Å². The van der Waals surface area contributed by atoms with Gasteiger partial charge in [-0.2, -0.15) is 0 Å². The molecule has 41 heavy (non-hydrogen) atoms. The molecule has 0 unspecified atom stereocenters. The zero-order valence-corrected chi connectivity index (χ0v) is 25.4. The van der Waals surface area contributed by atoms with Crippen LogP contribution in [0.25, 0.3) is 10.4 Å². The van der Waals surface area contributed by atoms with E-state index < -0.39 is 0 Å². The molecular formula is C35H44N2O3S. The average Bonchev–Trinajstić information content (AvgIpc) is 3.75. The second-order valence-electron chi connectivity index (χ2n) is 12.7. The fourth-order valence-electron chi connectivity index (χ4n) is 6.99. The number of aryl methyl sites for hydroxylation is 1. The van der Waals surface area contributed by atoms with Gasteiger partial charge in [0.15, 0.2) is 0 Å². The molecule has 1 N–H and O–H groups in total. The van der Waals surface area contributed by atoms with Gasteiger partial charge in [0.25, 0.3) is 0 Å². The van der Waals surface area contributed by atoms with Crippen LogP contribution in [0.2, 0.25) is 0 Å². The highest BCUT2D eigenvalue weighted by molar-refractivity contribution is 7.15. The number of rotatable bonds is 9. The van der Waals surface area contributed by atoms with Gasteiger partial charge in [-0.15, -0.1) is 11.3 Å². The molecule has 1 amide bonds. The zero-order chi connectivity index (χ0) is 28.3. The third-order valence-corrected chi connectivity index (χ3v) is 11.0. The van der Waals surface area contributed by atoms with Gasteiger partial charge in [-0.25, -0.2) is 4.98 Å². The molecule has 6 rings (SSSR count). The lowest BCUT2D eigenvalue weighted by Crippen LogP contribution is -2.41. The summed E-state index contributed by atoms with van der Waals surface area (Å²) in [6.07, 6.45) is 12.8. The number of anilines is 1. The quantitative estimate of drug-likeness (QED) is 0.281. The van der Waals surface area contributed by atoms with E-state index in [2.05, 4.69) is 54.3 Å². The molecule has 3 aliphatic rings. The van der Waals surface area contributed by atoms with E-state index in [-0.39, 0.29) is 18.4 Å². The van der Waals surface area contributed by atoms with Crippen molar-refractivity contribution in [3.05, 3.63) is 64.8 Å². The topological polar surface area (TPSA) is 62.7 Å². The minimum atomic E-state index is 0.0462. The van der Waals surface area contributed by atoms with Crippen molar-refractivity contribution in [1.82, 2.24) is 4.98 Å². The van der Waals surface area contributed by atoms with Crippen LogP contribution in [0.3, 0.4) is 0 Å². The molecule has 0 radical (unpaired) electrons. The van der Waals surface area contributed by atoms with Crippen LogP contribution >= 0.6 is 11.3 Å². The number of aliphatic hydroxyl groups excluding tert-OH is 1. The Bertz CT molecular complexity index is 1330. The molecule has 0 bridgehead atoms. The number of carbonyl (C=O) groups excluding carboxylic acids is 1. The number of nitrogens with zero attached hydrogens (tertiary/aromatic N) is 2. The van der Waals surface area contributed by atoms with Crippen LogP contribution in [0.5, 0.6) is 5.75 Å². The average molecular weight is 573 g/mol.